The smallest absolute Gasteiger partial charge is 0.359 e. The van der Waals surface area contributed by atoms with E-state index in [9.17, 15) is 13.2 Å². The minimum Gasteiger partial charge on any atom is -0.359 e. The fourth-order valence-corrected chi connectivity index (χ4v) is 3.75. The molecule has 4 N–H and O–H groups in total. The van der Waals surface area contributed by atoms with Crippen LogP contribution in [0.3, 0.4) is 0 Å². The van der Waals surface area contributed by atoms with E-state index in [2.05, 4.69) is 30.7 Å². The Bertz CT molecular complexity index is 1170. The van der Waals surface area contributed by atoms with Gasteiger partial charge in [-0.3, -0.25) is 5.10 Å². The lowest BCUT2D eigenvalue weighted by atomic mass is 10.0. The number of nitrogens with one attached hydrogen (secondary N) is 2. The van der Waals surface area contributed by atoms with Crippen LogP contribution in [0.25, 0.3) is 21.6 Å². The summed E-state index contributed by atoms with van der Waals surface area (Å²) in [6, 6.07) is 6.77. The van der Waals surface area contributed by atoms with E-state index >= 15 is 0 Å². The number of pyridine rings is 1. The highest BCUT2D eigenvalue weighted by Gasteiger charge is 2.30. The first kappa shape index (κ1) is 20.2. The number of aromatic amines is 1. The molecule has 4 rings (SSSR count). The van der Waals surface area contributed by atoms with Crippen LogP contribution in [0.4, 0.5) is 18.3 Å². The number of hydrogen-bond donors (Lipinski definition) is 3. The molecule has 1 atom stereocenters. The zero-order valence-electron chi connectivity index (χ0n) is 15.9. The van der Waals surface area contributed by atoms with Gasteiger partial charge in [-0.15, -0.1) is 10.2 Å². The molecular formula is C19H18F3N7S. The predicted molar refractivity (Wildman–Crippen MR) is 109 cm³/mol. The van der Waals surface area contributed by atoms with E-state index < -0.39 is 11.7 Å². The van der Waals surface area contributed by atoms with Gasteiger partial charge in [-0.2, -0.15) is 18.3 Å². The molecule has 0 bridgehead atoms. The maximum absolute atomic E-state index is 12.8. The minimum atomic E-state index is -4.37. The van der Waals surface area contributed by atoms with Crippen molar-refractivity contribution in [3.63, 3.8) is 0 Å². The molecule has 0 aliphatic heterocycles. The molecule has 1 unspecified atom stereocenters. The second-order valence-electron chi connectivity index (χ2n) is 6.90. The molecule has 1 aromatic carbocycles. The largest absolute Gasteiger partial charge is 0.416 e. The van der Waals surface area contributed by atoms with Gasteiger partial charge in [-0.1, -0.05) is 29.5 Å². The van der Waals surface area contributed by atoms with Crippen LogP contribution in [0.1, 0.15) is 16.8 Å². The summed E-state index contributed by atoms with van der Waals surface area (Å²) in [5, 5.41) is 20.6. The summed E-state index contributed by atoms with van der Waals surface area (Å²) in [5.74, 6) is 0. The normalized spacial score (nSPS) is 13.0. The summed E-state index contributed by atoms with van der Waals surface area (Å²) < 4.78 is 38.5. The number of rotatable bonds is 6. The molecule has 7 nitrogen and oxygen atoms in total. The van der Waals surface area contributed by atoms with Gasteiger partial charge in [0.05, 0.1) is 5.56 Å². The number of halogens is 3. The topological polar surface area (TPSA) is 105 Å². The monoisotopic (exact) mass is 433 g/mol. The number of H-pyrrole nitrogens is 1. The van der Waals surface area contributed by atoms with Gasteiger partial charge in [0.25, 0.3) is 0 Å². The number of aromatic nitrogens is 5. The number of alkyl halides is 3. The zero-order chi connectivity index (χ0) is 21.3. The third-order valence-corrected chi connectivity index (χ3v) is 5.47. The van der Waals surface area contributed by atoms with Crippen molar-refractivity contribution in [2.75, 3.05) is 11.9 Å². The molecule has 11 heteroatoms. The molecule has 3 heterocycles. The average molecular weight is 433 g/mol. The molecule has 0 fully saturated rings. The fraction of sp³-hybridized carbons (Fsp3) is 0.263. The van der Waals surface area contributed by atoms with Gasteiger partial charge < -0.3 is 11.1 Å². The van der Waals surface area contributed by atoms with Crippen LogP contribution in [-0.4, -0.2) is 38.0 Å². The summed E-state index contributed by atoms with van der Waals surface area (Å²) in [6.45, 7) is 2.27. The van der Waals surface area contributed by atoms with E-state index in [0.29, 0.717) is 34.3 Å². The Balaban J connectivity index is 1.38. The lowest BCUT2D eigenvalue weighted by Gasteiger charge is -2.13. The Morgan fingerprint density at radius 3 is 2.87 bits per heavy atom. The lowest BCUT2D eigenvalue weighted by Crippen LogP contribution is -2.31. The lowest BCUT2D eigenvalue weighted by molar-refractivity contribution is -0.137. The van der Waals surface area contributed by atoms with Gasteiger partial charge in [-0.05, 0) is 31.0 Å². The first-order chi connectivity index (χ1) is 14.3. The van der Waals surface area contributed by atoms with Gasteiger partial charge in [0, 0.05) is 35.4 Å². The highest BCUT2D eigenvalue weighted by Crippen LogP contribution is 2.30. The predicted octanol–water partition coefficient (Wildman–Crippen LogP) is 3.79. The Labute approximate surface area is 173 Å². The maximum atomic E-state index is 12.8. The van der Waals surface area contributed by atoms with Crippen LogP contribution < -0.4 is 11.1 Å². The molecule has 4 aromatic rings. The molecule has 0 aliphatic carbocycles. The second-order valence-corrected chi connectivity index (χ2v) is 7.88. The molecular weight excluding hydrogens is 415 g/mol. The Morgan fingerprint density at radius 2 is 2.07 bits per heavy atom. The number of nitrogens with two attached hydrogens (primary N) is 1. The minimum absolute atomic E-state index is 0.308. The van der Waals surface area contributed by atoms with Crippen LogP contribution in [0.2, 0.25) is 0 Å². The third kappa shape index (κ3) is 4.41. The molecule has 0 saturated carbocycles. The van der Waals surface area contributed by atoms with Crippen molar-refractivity contribution in [1.29, 1.82) is 0 Å². The van der Waals surface area contributed by atoms with Crippen LogP contribution in [-0.2, 0) is 12.6 Å². The molecule has 0 aliphatic rings. The summed E-state index contributed by atoms with van der Waals surface area (Å²) in [7, 11) is 0. The molecule has 156 valence electrons. The summed E-state index contributed by atoms with van der Waals surface area (Å²) >= 11 is 1.35. The van der Waals surface area contributed by atoms with Crippen molar-refractivity contribution in [1.82, 2.24) is 25.4 Å². The Morgan fingerprint density at radius 1 is 1.23 bits per heavy atom. The average Bonchev–Trinajstić information content (AvgIpc) is 3.33. The van der Waals surface area contributed by atoms with Crippen molar-refractivity contribution in [3.05, 3.63) is 53.3 Å². The van der Waals surface area contributed by atoms with E-state index in [0.717, 1.165) is 28.8 Å². The number of fused-ring (bicyclic) bond motifs is 1. The SMILES string of the molecule is Cc1[nH]nc2ncc(-c3nnc(NCC(N)Cc4cccc(C(F)(F)F)c4)s3)cc12. The van der Waals surface area contributed by atoms with Crippen molar-refractivity contribution in [3.8, 4) is 10.6 Å². The first-order valence-electron chi connectivity index (χ1n) is 9.10. The van der Waals surface area contributed by atoms with Crippen molar-refractivity contribution in [2.45, 2.75) is 25.6 Å². The highest BCUT2D eigenvalue weighted by atomic mass is 32.1. The number of anilines is 1. The maximum Gasteiger partial charge on any atom is 0.416 e. The Hall–Kier alpha value is -3.05. The third-order valence-electron chi connectivity index (χ3n) is 4.54. The molecule has 3 aromatic heterocycles. The molecule has 30 heavy (non-hydrogen) atoms. The van der Waals surface area contributed by atoms with Crippen molar-refractivity contribution in [2.24, 2.45) is 5.73 Å². The molecule has 0 saturated heterocycles. The second kappa shape index (κ2) is 8.00. The molecule has 0 radical (unpaired) electrons. The van der Waals surface area contributed by atoms with E-state index in [1.54, 1.807) is 12.3 Å². The molecule has 0 amide bonds. The van der Waals surface area contributed by atoms with Crippen LogP contribution >= 0.6 is 11.3 Å². The van der Waals surface area contributed by atoms with Crippen LogP contribution in [0, 0.1) is 6.92 Å². The number of nitrogens with zero attached hydrogens (tertiary/aromatic N) is 4. The van der Waals surface area contributed by atoms with Gasteiger partial charge in [0.1, 0.15) is 0 Å². The number of aryl methyl sites for hydroxylation is 1. The quantitative estimate of drug-likeness (QED) is 0.427. The number of benzene rings is 1. The van der Waals surface area contributed by atoms with Gasteiger partial charge in [0.15, 0.2) is 10.7 Å². The van der Waals surface area contributed by atoms with E-state index in [1.165, 1.54) is 17.4 Å². The van der Waals surface area contributed by atoms with Gasteiger partial charge in [-0.25, -0.2) is 4.98 Å². The van der Waals surface area contributed by atoms with Crippen molar-refractivity contribution < 1.29 is 13.2 Å². The van der Waals surface area contributed by atoms with Crippen LogP contribution in [0.5, 0.6) is 0 Å². The van der Waals surface area contributed by atoms with Crippen LogP contribution in [0.15, 0.2) is 36.5 Å². The number of hydrogen-bond acceptors (Lipinski definition) is 7. The Kier molecular flexibility index (Phi) is 5.39. The van der Waals surface area contributed by atoms with E-state index in [4.69, 9.17) is 5.73 Å². The van der Waals surface area contributed by atoms with Gasteiger partial charge in [0.2, 0.25) is 5.13 Å². The van der Waals surface area contributed by atoms with Gasteiger partial charge >= 0.3 is 6.18 Å². The zero-order valence-corrected chi connectivity index (χ0v) is 16.7. The summed E-state index contributed by atoms with van der Waals surface area (Å²) in [4.78, 5) is 4.31. The highest BCUT2D eigenvalue weighted by molar-refractivity contribution is 7.18. The molecule has 0 spiro atoms. The standard InChI is InChI=1S/C19H18F3N7S/c1-10-15-7-12(8-24-16(15)27-26-10)17-28-29-18(30-17)25-9-14(23)6-11-3-2-4-13(5-11)19(20,21)22/h2-5,7-8,14H,6,9,23H2,1H3,(H,25,29)(H,24,26,27). The first-order valence-corrected chi connectivity index (χ1v) is 9.91. The summed E-state index contributed by atoms with van der Waals surface area (Å²) in [5.41, 5.74) is 8.33. The fourth-order valence-electron chi connectivity index (χ4n) is 3.02. The van der Waals surface area contributed by atoms with E-state index in [1.807, 2.05) is 13.0 Å². The summed E-state index contributed by atoms with van der Waals surface area (Å²) in [6.07, 6.45) is -2.37. The van der Waals surface area contributed by atoms with Crippen molar-refractivity contribution >= 4 is 27.5 Å². The van der Waals surface area contributed by atoms with E-state index in [-0.39, 0.29) is 6.04 Å².